The van der Waals surface area contributed by atoms with Crippen molar-refractivity contribution in [2.75, 3.05) is 20.6 Å². The molecule has 0 radical (unpaired) electrons. The maximum absolute atomic E-state index is 12.1. The lowest BCUT2D eigenvalue weighted by Crippen LogP contribution is -2.47. The minimum absolute atomic E-state index is 0.0993. The predicted molar refractivity (Wildman–Crippen MR) is 71.4 cm³/mol. The first kappa shape index (κ1) is 15.8. The Morgan fingerprint density at radius 3 is 2.29 bits per heavy atom. The molecule has 0 saturated heterocycles. The minimum Gasteiger partial charge on any atom is -0.392 e. The molecule has 6 heteroatoms. The van der Waals surface area contributed by atoms with Crippen LogP contribution in [-0.4, -0.2) is 42.3 Å². The number of amides is 2. The molecule has 0 bridgehead atoms. The molecule has 0 rings (SSSR count). The molecule has 0 aliphatic carbocycles. The monoisotopic (exact) mass is 259 g/mol. The smallest absolute Gasteiger partial charge is 0.234 e. The van der Waals surface area contributed by atoms with Crippen molar-refractivity contribution in [1.82, 2.24) is 10.2 Å². The molecular formula is C11H21N3O2S. The van der Waals surface area contributed by atoms with Crippen molar-refractivity contribution in [1.29, 1.82) is 0 Å². The Bertz CT molecular complexity index is 329. The van der Waals surface area contributed by atoms with Crippen LogP contribution in [0.1, 0.15) is 20.8 Å². The molecule has 0 aromatic heterocycles. The number of nitrogens with zero attached hydrogens (tertiary/aromatic N) is 1. The number of rotatable bonds is 5. The van der Waals surface area contributed by atoms with Gasteiger partial charge in [0.25, 0.3) is 0 Å². The van der Waals surface area contributed by atoms with E-state index in [-0.39, 0.29) is 22.7 Å². The Morgan fingerprint density at radius 2 is 1.94 bits per heavy atom. The second-order valence-corrected chi connectivity index (χ2v) is 5.13. The highest BCUT2D eigenvalue weighted by Gasteiger charge is 2.34. The van der Waals surface area contributed by atoms with Crippen LogP contribution in [0.2, 0.25) is 0 Å². The van der Waals surface area contributed by atoms with Gasteiger partial charge in [0.1, 0.15) is 0 Å². The average molecular weight is 259 g/mol. The van der Waals surface area contributed by atoms with Gasteiger partial charge in [0.15, 0.2) is 0 Å². The van der Waals surface area contributed by atoms with E-state index < -0.39 is 5.41 Å². The van der Waals surface area contributed by atoms with E-state index in [0.29, 0.717) is 6.54 Å². The zero-order valence-corrected chi connectivity index (χ0v) is 11.9. The fraction of sp³-hybridized carbons (Fsp3) is 0.727. The molecule has 0 aromatic carbocycles. The standard InChI is InChI=1S/C11H21N3O2S/c1-7(8(15)13-4)6-14(5)10(16)11(2,3)9(12)17/h7H,6H2,1-5H3,(H2,12,17)(H,13,15). The Kier molecular flexibility index (Phi) is 5.54. The van der Waals surface area contributed by atoms with Gasteiger partial charge in [0, 0.05) is 20.6 Å². The van der Waals surface area contributed by atoms with Crippen molar-refractivity contribution >= 4 is 29.0 Å². The van der Waals surface area contributed by atoms with Gasteiger partial charge in [-0.05, 0) is 13.8 Å². The SMILES string of the molecule is CNC(=O)C(C)CN(C)C(=O)C(C)(C)C(N)=S. The molecule has 2 amide bonds. The zero-order chi connectivity index (χ0) is 13.8. The number of thiocarbonyl (C=S) groups is 1. The van der Waals surface area contributed by atoms with E-state index in [1.165, 1.54) is 4.90 Å². The molecule has 17 heavy (non-hydrogen) atoms. The van der Waals surface area contributed by atoms with Crippen molar-refractivity contribution < 1.29 is 9.59 Å². The van der Waals surface area contributed by atoms with Crippen LogP contribution in [-0.2, 0) is 9.59 Å². The van der Waals surface area contributed by atoms with Crippen LogP contribution < -0.4 is 11.1 Å². The molecule has 1 atom stereocenters. The van der Waals surface area contributed by atoms with Gasteiger partial charge in [-0.1, -0.05) is 19.1 Å². The summed E-state index contributed by atoms with van der Waals surface area (Å²) in [7, 11) is 3.21. The first-order valence-corrected chi connectivity index (χ1v) is 5.82. The summed E-state index contributed by atoms with van der Waals surface area (Å²) in [5.41, 5.74) is 4.65. The number of carbonyl (C=O) groups is 2. The number of nitrogens with two attached hydrogens (primary N) is 1. The summed E-state index contributed by atoms with van der Waals surface area (Å²) in [4.78, 5) is 25.1. The summed E-state index contributed by atoms with van der Waals surface area (Å²) in [6.45, 7) is 5.46. The molecule has 0 saturated carbocycles. The van der Waals surface area contributed by atoms with Crippen molar-refractivity contribution in [3.8, 4) is 0 Å². The van der Waals surface area contributed by atoms with E-state index in [9.17, 15) is 9.59 Å². The van der Waals surface area contributed by atoms with Crippen molar-refractivity contribution in [2.24, 2.45) is 17.1 Å². The number of hydrogen-bond acceptors (Lipinski definition) is 3. The molecule has 0 heterocycles. The highest BCUT2D eigenvalue weighted by Crippen LogP contribution is 2.19. The summed E-state index contributed by atoms with van der Waals surface area (Å²) in [5.74, 6) is -0.547. The lowest BCUT2D eigenvalue weighted by atomic mass is 9.91. The number of nitrogens with one attached hydrogen (secondary N) is 1. The second-order valence-electron chi connectivity index (χ2n) is 4.69. The summed E-state index contributed by atoms with van der Waals surface area (Å²) >= 11 is 4.87. The molecule has 5 nitrogen and oxygen atoms in total. The topological polar surface area (TPSA) is 75.4 Å². The van der Waals surface area contributed by atoms with Crippen molar-refractivity contribution in [3.05, 3.63) is 0 Å². The highest BCUT2D eigenvalue weighted by molar-refractivity contribution is 7.80. The van der Waals surface area contributed by atoms with E-state index in [1.807, 2.05) is 0 Å². The van der Waals surface area contributed by atoms with Crippen LogP contribution in [0.4, 0.5) is 0 Å². The Morgan fingerprint density at radius 1 is 1.47 bits per heavy atom. The van der Waals surface area contributed by atoms with Gasteiger partial charge in [0.2, 0.25) is 11.8 Å². The van der Waals surface area contributed by atoms with E-state index >= 15 is 0 Å². The van der Waals surface area contributed by atoms with Gasteiger partial charge < -0.3 is 16.0 Å². The molecule has 0 spiro atoms. The average Bonchev–Trinajstić information content (AvgIpc) is 2.26. The van der Waals surface area contributed by atoms with Crippen LogP contribution in [0.3, 0.4) is 0 Å². The summed E-state index contributed by atoms with van der Waals surface area (Å²) < 4.78 is 0. The molecule has 98 valence electrons. The normalized spacial score (nSPS) is 12.8. The molecule has 0 aliphatic rings. The van der Waals surface area contributed by atoms with Crippen LogP contribution in [0.5, 0.6) is 0 Å². The largest absolute Gasteiger partial charge is 0.392 e. The van der Waals surface area contributed by atoms with Crippen LogP contribution in [0.25, 0.3) is 0 Å². The zero-order valence-electron chi connectivity index (χ0n) is 11.0. The van der Waals surface area contributed by atoms with Crippen molar-refractivity contribution in [3.63, 3.8) is 0 Å². The minimum atomic E-state index is -0.882. The van der Waals surface area contributed by atoms with Gasteiger partial charge >= 0.3 is 0 Å². The fourth-order valence-electron chi connectivity index (χ4n) is 1.41. The lowest BCUT2D eigenvalue weighted by Gasteiger charge is -2.29. The van der Waals surface area contributed by atoms with Gasteiger partial charge in [-0.25, -0.2) is 0 Å². The molecule has 3 N–H and O–H groups in total. The third kappa shape index (κ3) is 3.96. The molecule has 0 aliphatic heterocycles. The third-order valence-corrected chi connectivity index (χ3v) is 3.25. The van der Waals surface area contributed by atoms with Gasteiger partial charge in [-0.15, -0.1) is 0 Å². The van der Waals surface area contributed by atoms with E-state index in [2.05, 4.69) is 5.32 Å². The molecule has 1 unspecified atom stereocenters. The van der Waals surface area contributed by atoms with Gasteiger partial charge in [-0.2, -0.15) is 0 Å². The molecule has 0 aromatic rings. The van der Waals surface area contributed by atoms with Crippen molar-refractivity contribution in [2.45, 2.75) is 20.8 Å². The lowest BCUT2D eigenvalue weighted by molar-refractivity contribution is -0.137. The second kappa shape index (κ2) is 5.95. The Balaban J connectivity index is 4.63. The molecular weight excluding hydrogens is 238 g/mol. The first-order chi connectivity index (χ1) is 7.64. The number of carbonyl (C=O) groups excluding carboxylic acids is 2. The summed E-state index contributed by atoms with van der Waals surface area (Å²) in [6.07, 6.45) is 0. The molecule has 0 fully saturated rings. The highest BCUT2D eigenvalue weighted by atomic mass is 32.1. The third-order valence-electron chi connectivity index (χ3n) is 2.74. The van der Waals surface area contributed by atoms with E-state index in [4.69, 9.17) is 18.0 Å². The summed E-state index contributed by atoms with van der Waals surface area (Å²) in [5, 5.41) is 2.54. The Hall–Kier alpha value is -1.17. The first-order valence-electron chi connectivity index (χ1n) is 5.41. The van der Waals surface area contributed by atoms with E-state index in [0.717, 1.165) is 0 Å². The Labute approximate surface area is 108 Å². The quantitative estimate of drug-likeness (QED) is 0.689. The van der Waals surface area contributed by atoms with Crippen LogP contribution >= 0.6 is 12.2 Å². The van der Waals surface area contributed by atoms with Gasteiger partial charge in [0.05, 0.1) is 16.3 Å². The number of hydrogen-bond donors (Lipinski definition) is 2. The maximum Gasteiger partial charge on any atom is 0.234 e. The predicted octanol–water partition coefficient (Wildman–Crippen LogP) is 0.139. The van der Waals surface area contributed by atoms with Crippen LogP contribution in [0.15, 0.2) is 0 Å². The fourth-order valence-corrected chi connectivity index (χ4v) is 1.49. The maximum atomic E-state index is 12.1. The summed E-state index contributed by atoms with van der Waals surface area (Å²) in [6, 6.07) is 0. The van der Waals surface area contributed by atoms with E-state index in [1.54, 1.807) is 34.9 Å². The van der Waals surface area contributed by atoms with Crippen LogP contribution in [0, 0.1) is 11.3 Å². The van der Waals surface area contributed by atoms with Gasteiger partial charge in [-0.3, -0.25) is 9.59 Å².